The number of esters is 1. The van der Waals surface area contributed by atoms with E-state index in [9.17, 15) is 4.79 Å². The Kier molecular flexibility index (Phi) is 2.37. The Morgan fingerprint density at radius 2 is 2.50 bits per heavy atom. The zero-order chi connectivity index (χ0) is 10.1. The van der Waals surface area contributed by atoms with E-state index in [-0.39, 0.29) is 17.2 Å². The fourth-order valence-electron chi connectivity index (χ4n) is 1.70. The maximum absolute atomic E-state index is 11.4. The molecule has 1 aromatic heterocycles. The van der Waals surface area contributed by atoms with Crippen LogP contribution in [-0.4, -0.2) is 23.0 Å². The number of aromatic nitrogens is 2. The van der Waals surface area contributed by atoms with Gasteiger partial charge in [0.2, 0.25) is 5.28 Å². The average Bonchev–Trinajstić information content (AvgIpc) is 2.59. The van der Waals surface area contributed by atoms with E-state index in [0.717, 1.165) is 24.1 Å². The van der Waals surface area contributed by atoms with Gasteiger partial charge in [-0.1, -0.05) is 0 Å². The third-order valence-corrected chi connectivity index (χ3v) is 2.57. The molecule has 0 aliphatic heterocycles. The van der Waals surface area contributed by atoms with Crippen LogP contribution in [0, 0.1) is 0 Å². The van der Waals surface area contributed by atoms with E-state index in [1.807, 2.05) is 0 Å². The van der Waals surface area contributed by atoms with Crippen molar-refractivity contribution >= 4 is 17.6 Å². The molecule has 0 amide bonds. The van der Waals surface area contributed by atoms with Gasteiger partial charge in [0.25, 0.3) is 0 Å². The van der Waals surface area contributed by atoms with Gasteiger partial charge in [0.15, 0.2) is 0 Å². The first-order valence-corrected chi connectivity index (χ1v) is 4.69. The number of carbonyl (C=O) groups is 1. The van der Waals surface area contributed by atoms with Gasteiger partial charge in [-0.2, -0.15) is 0 Å². The quantitative estimate of drug-likeness (QED) is 0.521. The predicted octanol–water partition coefficient (Wildman–Crippen LogP) is 1.33. The van der Waals surface area contributed by atoms with Gasteiger partial charge in [-0.15, -0.1) is 0 Å². The predicted molar refractivity (Wildman–Crippen MR) is 50.1 cm³/mol. The number of rotatable bonds is 1. The molecule has 4 nitrogen and oxygen atoms in total. The molecule has 0 aromatic carbocycles. The molecule has 2 rings (SSSR count). The molecule has 0 spiro atoms. The second-order valence-electron chi connectivity index (χ2n) is 3.16. The summed E-state index contributed by atoms with van der Waals surface area (Å²) in [5.41, 5.74) is 1.71. The highest BCUT2D eigenvalue weighted by Crippen LogP contribution is 2.32. The van der Waals surface area contributed by atoms with E-state index in [2.05, 4.69) is 14.7 Å². The van der Waals surface area contributed by atoms with E-state index in [1.165, 1.54) is 7.11 Å². The largest absolute Gasteiger partial charge is 0.469 e. The Morgan fingerprint density at radius 1 is 1.71 bits per heavy atom. The summed E-state index contributed by atoms with van der Waals surface area (Å²) in [5.74, 6) is -0.519. The minimum absolute atomic E-state index is 0.180. The van der Waals surface area contributed by atoms with Crippen LogP contribution in [0.2, 0.25) is 5.28 Å². The summed E-state index contributed by atoms with van der Waals surface area (Å²) < 4.78 is 4.69. The summed E-state index contributed by atoms with van der Waals surface area (Å²) in [6, 6.07) is 0. The van der Waals surface area contributed by atoms with Crippen LogP contribution >= 0.6 is 11.6 Å². The van der Waals surface area contributed by atoms with Crippen molar-refractivity contribution in [2.24, 2.45) is 0 Å². The Labute approximate surface area is 86.3 Å². The van der Waals surface area contributed by atoms with Crippen molar-refractivity contribution in [1.29, 1.82) is 0 Å². The second-order valence-corrected chi connectivity index (χ2v) is 3.50. The summed E-state index contributed by atoms with van der Waals surface area (Å²) in [6.45, 7) is 0. The molecule has 0 saturated heterocycles. The van der Waals surface area contributed by atoms with Crippen molar-refractivity contribution in [3.63, 3.8) is 0 Å². The second kappa shape index (κ2) is 3.53. The first-order valence-electron chi connectivity index (χ1n) is 4.31. The normalized spacial score (nSPS) is 19.1. The van der Waals surface area contributed by atoms with Crippen molar-refractivity contribution in [2.75, 3.05) is 7.11 Å². The number of methoxy groups -OCH3 is 1. The lowest BCUT2D eigenvalue weighted by Crippen LogP contribution is -2.12. The molecule has 1 aromatic rings. The lowest BCUT2D eigenvalue weighted by atomic mass is 10.1. The molecule has 1 heterocycles. The van der Waals surface area contributed by atoms with E-state index in [0.29, 0.717) is 0 Å². The van der Waals surface area contributed by atoms with Gasteiger partial charge in [0.05, 0.1) is 18.7 Å². The lowest BCUT2D eigenvalue weighted by Gasteiger charge is -2.07. The number of hydrogen-bond donors (Lipinski definition) is 0. The van der Waals surface area contributed by atoms with Crippen LogP contribution in [0.4, 0.5) is 0 Å². The number of hydrogen-bond acceptors (Lipinski definition) is 4. The summed E-state index contributed by atoms with van der Waals surface area (Å²) >= 11 is 5.66. The number of halogens is 1. The maximum atomic E-state index is 11.4. The molecule has 0 radical (unpaired) electrons. The van der Waals surface area contributed by atoms with E-state index >= 15 is 0 Å². The van der Waals surface area contributed by atoms with Crippen LogP contribution in [0.1, 0.15) is 23.6 Å². The Hall–Kier alpha value is -1.16. The minimum atomic E-state index is -0.268. The van der Waals surface area contributed by atoms with Gasteiger partial charge < -0.3 is 4.74 Å². The Balaban J connectivity index is 2.38. The highest BCUT2D eigenvalue weighted by molar-refractivity contribution is 6.28. The van der Waals surface area contributed by atoms with E-state index in [4.69, 9.17) is 11.6 Å². The van der Waals surface area contributed by atoms with Crippen LogP contribution in [0.15, 0.2) is 6.20 Å². The Morgan fingerprint density at radius 3 is 3.21 bits per heavy atom. The topological polar surface area (TPSA) is 52.1 Å². The number of aryl methyl sites for hydroxylation is 1. The first kappa shape index (κ1) is 9.40. The summed E-state index contributed by atoms with van der Waals surface area (Å²) in [7, 11) is 1.38. The lowest BCUT2D eigenvalue weighted by molar-refractivity contribution is -0.142. The van der Waals surface area contributed by atoms with Gasteiger partial charge in [-0.25, -0.2) is 9.97 Å². The zero-order valence-electron chi connectivity index (χ0n) is 7.66. The van der Waals surface area contributed by atoms with E-state index < -0.39 is 0 Å². The van der Waals surface area contributed by atoms with Gasteiger partial charge in [0, 0.05) is 6.20 Å². The van der Waals surface area contributed by atoms with Gasteiger partial charge in [-0.3, -0.25) is 4.79 Å². The van der Waals surface area contributed by atoms with Crippen LogP contribution in [0.25, 0.3) is 0 Å². The van der Waals surface area contributed by atoms with Crippen molar-refractivity contribution < 1.29 is 9.53 Å². The molecule has 0 N–H and O–H groups in total. The number of carbonyl (C=O) groups excluding carboxylic acids is 1. The van der Waals surface area contributed by atoms with Crippen LogP contribution in [-0.2, 0) is 16.0 Å². The highest BCUT2D eigenvalue weighted by Gasteiger charge is 2.31. The molecule has 0 saturated carbocycles. The van der Waals surface area contributed by atoms with Crippen LogP contribution < -0.4 is 0 Å². The fourth-order valence-corrected chi connectivity index (χ4v) is 1.84. The maximum Gasteiger partial charge on any atom is 0.314 e. The molecule has 14 heavy (non-hydrogen) atoms. The number of fused-ring (bicyclic) bond motifs is 1. The molecular formula is C9H9ClN2O2. The average molecular weight is 213 g/mol. The number of ether oxygens (including phenoxy) is 1. The molecule has 1 aliphatic carbocycles. The third kappa shape index (κ3) is 1.46. The summed E-state index contributed by atoms with van der Waals surface area (Å²) in [6.07, 6.45) is 3.22. The van der Waals surface area contributed by atoms with Crippen molar-refractivity contribution in [1.82, 2.24) is 9.97 Å². The first-order chi connectivity index (χ1) is 6.72. The summed E-state index contributed by atoms with van der Waals surface area (Å²) in [5, 5.41) is 0.180. The van der Waals surface area contributed by atoms with Gasteiger partial charge in [0.1, 0.15) is 0 Å². The molecule has 0 fully saturated rings. The smallest absolute Gasteiger partial charge is 0.314 e. The van der Waals surface area contributed by atoms with Crippen LogP contribution in [0.5, 0.6) is 0 Å². The molecule has 1 atom stereocenters. The molecule has 1 unspecified atom stereocenters. The SMILES string of the molecule is COC(=O)C1CCc2cnc(Cl)nc21. The molecule has 0 bridgehead atoms. The molecule has 1 aliphatic rings. The molecular weight excluding hydrogens is 204 g/mol. The number of nitrogens with zero attached hydrogens (tertiary/aromatic N) is 2. The standard InChI is InChI=1S/C9H9ClN2O2/c1-14-8(13)6-3-2-5-4-11-9(10)12-7(5)6/h4,6H,2-3H2,1H3. The minimum Gasteiger partial charge on any atom is -0.469 e. The zero-order valence-corrected chi connectivity index (χ0v) is 8.41. The highest BCUT2D eigenvalue weighted by atomic mass is 35.5. The molecule has 74 valence electrons. The van der Waals surface area contributed by atoms with Crippen molar-refractivity contribution in [2.45, 2.75) is 18.8 Å². The van der Waals surface area contributed by atoms with Crippen molar-refractivity contribution in [3.8, 4) is 0 Å². The third-order valence-electron chi connectivity index (χ3n) is 2.39. The monoisotopic (exact) mass is 212 g/mol. The fraction of sp³-hybridized carbons (Fsp3) is 0.444. The molecule has 5 heteroatoms. The van der Waals surface area contributed by atoms with Crippen molar-refractivity contribution in [3.05, 3.63) is 22.7 Å². The van der Waals surface area contributed by atoms with Crippen LogP contribution in [0.3, 0.4) is 0 Å². The summed E-state index contributed by atoms with van der Waals surface area (Å²) in [4.78, 5) is 19.3. The van der Waals surface area contributed by atoms with Gasteiger partial charge in [-0.05, 0) is 30.0 Å². The Bertz CT molecular complexity index is 381. The van der Waals surface area contributed by atoms with Gasteiger partial charge >= 0.3 is 5.97 Å². The van der Waals surface area contributed by atoms with E-state index in [1.54, 1.807) is 6.20 Å².